The molecule has 0 aliphatic carbocycles. The van der Waals surface area contributed by atoms with Gasteiger partial charge < -0.3 is 5.32 Å². The molecule has 0 fully saturated rings. The molecule has 136 valence electrons. The van der Waals surface area contributed by atoms with Crippen LogP contribution >= 0.6 is 0 Å². The molecule has 2 N–H and O–H groups in total. The van der Waals surface area contributed by atoms with E-state index in [2.05, 4.69) is 28.9 Å². The van der Waals surface area contributed by atoms with Crippen LogP contribution in [0.1, 0.15) is 37.8 Å². The first-order valence-corrected chi connectivity index (χ1v) is 9.87. The summed E-state index contributed by atoms with van der Waals surface area (Å²) in [6.07, 6.45) is 0. The monoisotopic (exact) mass is 371 g/mol. The molecular formula is C19H21N3O3S. The maximum atomic E-state index is 12.6. The molecule has 1 aliphatic heterocycles. The molecule has 1 aliphatic rings. The first kappa shape index (κ1) is 18.1. The second kappa shape index (κ2) is 6.92. The molecule has 0 unspecified atom stereocenters. The lowest BCUT2D eigenvalue weighted by Crippen LogP contribution is -2.29. The van der Waals surface area contributed by atoms with Crippen molar-refractivity contribution in [3.63, 3.8) is 0 Å². The lowest BCUT2D eigenvalue weighted by atomic mass is 10.0. The number of anilines is 1. The van der Waals surface area contributed by atoms with E-state index in [1.165, 1.54) is 6.07 Å². The zero-order chi connectivity index (χ0) is 18.9. The standard InChI is InChI=1S/C19H21N3O3S/c1-12(2)14-8-4-6-10-16(14)21-19(23)13(3)20-18-15-9-5-7-11-17(15)26(24,25)22-18/h4-13H,1-3H3,(H,20,22)(H,21,23)/t13-/m1/s1. The van der Waals surface area contributed by atoms with Crippen LogP contribution in [0.2, 0.25) is 0 Å². The third-order valence-electron chi connectivity index (χ3n) is 4.21. The minimum absolute atomic E-state index is 0.177. The van der Waals surface area contributed by atoms with Gasteiger partial charge in [-0.2, -0.15) is 0 Å². The van der Waals surface area contributed by atoms with Crippen molar-refractivity contribution in [1.29, 1.82) is 0 Å². The van der Waals surface area contributed by atoms with Gasteiger partial charge in [0.2, 0.25) is 5.91 Å². The Morgan fingerprint density at radius 1 is 1.04 bits per heavy atom. The zero-order valence-electron chi connectivity index (χ0n) is 14.9. The number of sulfonamides is 1. The summed E-state index contributed by atoms with van der Waals surface area (Å²) in [4.78, 5) is 17.0. The fourth-order valence-electron chi connectivity index (χ4n) is 2.83. The number of rotatable bonds is 4. The third kappa shape index (κ3) is 3.48. The van der Waals surface area contributed by atoms with E-state index >= 15 is 0 Å². The van der Waals surface area contributed by atoms with Crippen molar-refractivity contribution in [3.05, 3.63) is 59.7 Å². The Morgan fingerprint density at radius 2 is 1.69 bits per heavy atom. The highest BCUT2D eigenvalue weighted by molar-refractivity contribution is 7.90. The number of fused-ring (bicyclic) bond motifs is 1. The Bertz CT molecular complexity index is 981. The van der Waals surface area contributed by atoms with Crippen molar-refractivity contribution in [3.8, 4) is 0 Å². The third-order valence-corrected chi connectivity index (χ3v) is 5.60. The normalized spacial score (nSPS) is 17.6. The van der Waals surface area contributed by atoms with E-state index in [1.807, 2.05) is 24.3 Å². The van der Waals surface area contributed by atoms with Crippen molar-refractivity contribution in [2.24, 2.45) is 4.99 Å². The molecule has 0 spiro atoms. The molecule has 1 heterocycles. The lowest BCUT2D eigenvalue weighted by molar-refractivity contribution is -0.117. The maximum absolute atomic E-state index is 12.6. The van der Waals surface area contributed by atoms with Gasteiger partial charge in [0, 0.05) is 11.3 Å². The summed E-state index contributed by atoms with van der Waals surface area (Å²) in [5.41, 5.74) is 2.26. The molecule has 0 bridgehead atoms. The second-order valence-corrected chi connectivity index (χ2v) is 8.14. The summed E-state index contributed by atoms with van der Waals surface area (Å²) in [6.45, 7) is 5.74. The van der Waals surface area contributed by atoms with E-state index in [0.29, 0.717) is 5.56 Å². The van der Waals surface area contributed by atoms with Crippen molar-refractivity contribution >= 4 is 27.5 Å². The van der Waals surface area contributed by atoms with Gasteiger partial charge in [-0.15, -0.1) is 0 Å². The van der Waals surface area contributed by atoms with Crippen molar-refractivity contribution < 1.29 is 13.2 Å². The summed E-state index contributed by atoms with van der Waals surface area (Å²) in [6, 6.07) is 13.4. The summed E-state index contributed by atoms with van der Waals surface area (Å²) >= 11 is 0. The Morgan fingerprint density at radius 3 is 2.42 bits per heavy atom. The summed E-state index contributed by atoms with van der Waals surface area (Å²) in [5.74, 6) is 0.163. The lowest BCUT2D eigenvalue weighted by Gasteiger charge is -2.15. The van der Waals surface area contributed by atoms with E-state index in [1.54, 1.807) is 25.1 Å². The Labute approximate surface area is 153 Å². The molecule has 1 amide bonds. The van der Waals surface area contributed by atoms with Gasteiger partial charge in [0.25, 0.3) is 10.0 Å². The molecule has 7 heteroatoms. The minimum atomic E-state index is -3.62. The van der Waals surface area contributed by atoms with E-state index in [0.717, 1.165) is 11.3 Å². The van der Waals surface area contributed by atoms with Gasteiger partial charge in [0.1, 0.15) is 11.9 Å². The molecule has 3 rings (SSSR count). The van der Waals surface area contributed by atoms with Crippen LogP contribution in [-0.2, 0) is 14.8 Å². The van der Waals surface area contributed by atoms with Crippen LogP contribution in [0.15, 0.2) is 58.4 Å². The average Bonchev–Trinajstić information content (AvgIpc) is 2.86. The van der Waals surface area contributed by atoms with Gasteiger partial charge in [0.15, 0.2) is 0 Å². The highest BCUT2D eigenvalue weighted by Crippen LogP contribution is 2.25. The zero-order valence-corrected chi connectivity index (χ0v) is 15.7. The van der Waals surface area contributed by atoms with Gasteiger partial charge in [0.05, 0.1) is 4.90 Å². The largest absolute Gasteiger partial charge is 0.324 e. The molecule has 2 aromatic carbocycles. The predicted octanol–water partition coefficient (Wildman–Crippen LogP) is 2.88. The predicted molar refractivity (Wildman–Crippen MR) is 102 cm³/mol. The molecule has 6 nitrogen and oxygen atoms in total. The van der Waals surface area contributed by atoms with Crippen LogP contribution in [0.5, 0.6) is 0 Å². The highest BCUT2D eigenvalue weighted by Gasteiger charge is 2.31. The molecule has 1 atom stereocenters. The smallest absolute Gasteiger partial charge is 0.263 e. The fraction of sp³-hybridized carbons (Fsp3) is 0.263. The number of amides is 1. The number of benzene rings is 2. The van der Waals surface area contributed by atoms with Gasteiger partial charge in [-0.05, 0) is 36.6 Å². The quantitative estimate of drug-likeness (QED) is 0.866. The minimum Gasteiger partial charge on any atom is -0.324 e. The number of hydrogen-bond donors (Lipinski definition) is 2. The molecule has 0 saturated heterocycles. The van der Waals surface area contributed by atoms with Crippen LogP contribution < -0.4 is 10.0 Å². The number of nitrogens with one attached hydrogen (secondary N) is 2. The number of nitrogens with zero attached hydrogens (tertiary/aromatic N) is 1. The number of para-hydroxylation sites is 1. The van der Waals surface area contributed by atoms with E-state index in [9.17, 15) is 13.2 Å². The summed E-state index contributed by atoms with van der Waals surface area (Å²) < 4.78 is 26.7. The van der Waals surface area contributed by atoms with E-state index in [-0.39, 0.29) is 22.6 Å². The number of carbonyl (C=O) groups excluding carboxylic acids is 1. The van der Waals surface area contributed by atoms with E-state index in [4.69, 9.17) is 0 Å². The second-order valence-electron chi connectivity index (χ2n) is 6.49. The topological polar surface area (TPSA) is 87.6 Å². The Balaban J connectivity index is 1.84. The average molecular weight is 371 g/mol. The number of amidine groups is 1. The van der Waals surface area contributed by atoms with Gasteiger partial charge >= 0.3 is 0 Å². The summed E-state index contributed by atoms with van der Waals surface area (Å²) in [7, 11) is -3.62. The van der Waals surface area contributed by atoms with Crippen molar-refractivity contribution in [2.45, 2.75) is 37.6 Å². The van der Waals surface area contributed by atoms with Crippen LogP contribution in [0.25, 0.3) is 0 Å². The Hall–Kier alpha value is -2.67. The van der Waals surface area contributed by atoms with Crippen LogP contribution in [0.3, 0.4) is 0 Å². The fourth-order valence-corrected chi connectivity index (χ4v) is 4.07. The van der Waals surface area contributed by atoms with Gasteiger partial charge in [-0.1, -0.05) is 44.2 Å². The maximum Gasteiger partial charge on any atom is 0.263 e. The molecule has 0 saturated carbocycles. The highest BCUT2D eigenvalue weighted by atomic mass is 32.2. The first-order chi connectivity index (χ1) is 12.3. The van der Waals surface area contributed by atoms with Crippen molar-refractivity contribution in [1.82, 2.24) is 4.72 Å². The molecule has 0 radical (unpaired) electrons. The molecular weight excluding hydrogens is 350 g/mol. The van der Waals surface area contributed by atoms with Crippen LogP contribution in [-0.4, -0.2) is 26.2 Å². The SMILES string of the molecule is CC(C)c1ccccc1NC(=O)[C@@H](C)N=C1NS(=O)(=O)c2ccccc21. The van der Waals surface area contributed by atoms with E-state index < -0.39 is 16.1 Å². The molecule has 2 aromatic rings. The van der Waals surface area contributed by atoms with Crippen LogP contribution in [0.4, 0.5) is 5.69 Å². The molecule has 0 aromatic heterocycles. The Kier molecular flexibility index (Phi) is 4.82. The number of hydrogen-bond acceptors (Lipinski definition) is 4. The number of carbonyl (C=O) groups is 1. The van der Waals surface area contributed by atoms with Gasteiger partial charge in [-0.25, -0.2) is 8.42 Å². The van der Waals surface area contributed by atoms with Crippen LogP contribution in [0, 0.1) is 0 Å². The van der Waals surface area contributed by atoms with Gasteiger partial charge in [-0.3, -0.25) is 14.5 Å². The summed E-state index contributed by atoms with van der Waals surface area (Å²) in [5, 5.41) is 2.89. The number of aliphatic imine (C=N–C) groups is 1. The molecule has 26 heavy (non-hydrogen) atoms. The first-order valence-electron chi connectivity index (χ1n) is 8.39. The van der Waals surface area contributed by atoms with Crippen molar-refractivity contribution in [2.75, 3.05) is 5.32 Å².